The fourth-order valence-electron chi connectivity index (χ4n) is 5.98. The number of likely N-dealkylation sites (tertiary alicyclic amines) is 1. The standard InChI is InChI=1S/C28H40N6/c1-4-6-14-33-19-22(20-33)31-21(16-29-3)17-30-18-26-27-24(23-9-7-8-10-25(23)32-27)11-15-34(26)28(5-2)12-13-28/h7-10,16-17,22,26,31-32H,3-6,11-15,18-20H2,1-2H3/b21-16+,30-17?. The lowest BCUT2D eigenvalue weighted by molar-refractivity contribution is 0.104. The Morgan fingerprint density at radius 3 is 2.82 bits per heavy atom. The van der Waals surface area contributed by atoms with Crippen LogP contribution in [0.2, 0.25) is 0 Å². The number of aromatic amines is 1. The fraction of sp³-hybridized carbons (Fsp3) is 0.571. The third-order valence-electron chi connectivity index (χ3n) is 8.15. The van der Waals surface area contributed by atoms with E-state index in [1.807, 2.05) is 6.21 Å². The van der Waals surface area contributed by atoms with E-state index in [9.17, 15) is 0 Å². The van der Waals surface area contributed by atoms with Crippen molar-refractivity contribution >= 4 is 23.8 Å². The van der Waals surface area contributed by atoms with E-state index >= 15 is 0 Å². The van der Waals surface area contributed by atoms with Gasteiger partial charge in [0.25, 0.3) is 0 Å². The zero-order chi connectivity index (χ0) is 23.5. The summed E-state index contributed by atoms with van der Waals surface area (Å²) in [7, 11) is 0. The van der Waals surface area contributed by atoms with Gasteiger partial charge in [0.05, 0.1) is 30.5 Å². The third-order valence-corrected chi connectivity index (χ3v) is 8.15. The van der Waals surface area contributed by atoms with Gasteiger partial charge in [-0.25, -0.2) is 0 Å². The minimum absolute atomic E-state index is 0.293. The Balaban J connectivity index is 1.31. The number of aliphatic imine (C=N–C) groups is 2. The Labute approximate surface area is 204 Å². The molecule has 1 aromatic heterocycles. The van der Waals surface area contributed by atoms with Crippen LogP contribution in [0.25, 0.3) is 10.9 Å². The maximum absolute atomic E-state index is 4.97. The summed E-state index contributed by atoms with van der Waals surface area (Å²) < 4.78 is 0. The van der Waals surface area contributed by atoms with Gasteiger partial charge < -0.3 is 10.3 Å². The molecule has 0 radical (unpaired) electrons. The van der Waals surface area contributed by atoms with E-state index in [2.05, 4.69) is 69.9 Å². The number of hydrogen-bond donors (Lipinski definition) is 2. The van der Waals surface area contributed by atoms with Gasteiger partial charge in [-0.15, -0.1) is 0 Å². The second-order valence-electron chi connectivity index (χ2n) is 10.3. The number of H-pyrrole nitrogens is 1. The summed E-state index contributed by atoms with van der Waals surface area (Å²) in [5, 5.41) is 5.00. The molecule has 5 rings (SSSR count). The first-order valence-electron chi connectivity index (χ1n) is 13.2. The molecule has 1 saturated heterocycles. The molecule has 1 unspecified atom stereocenters. The van der Waals surface area contributed by atoms with Crippen molar-refractivity contribution in [2.24, 2.45) is 9.98 Å². The largest absolute Gasteiger partial charge is 0.377 e. The molecule has 1 saturated carbocycles. The molecular formula is C28H40N6. The first kappa shape index (κ1) is 23.3. The molecule has 3 heterocycles. The summed E-state index contributed by atoms with van der Waals surface area (Å²) in [6.07, 6.45) is 11.3. The number of nitrogens with one attached hydrogen (secondary N) is 2. The van der Waals surface area contributed by atoms with E-state index in [0.717, 1.165) is 38.3 Å². The molecule has 6 nitrogen and oxygen atoms in total. The van der Waals surface area contributed by atoms with E-state index in [0.29, 0.717) is 17.6 Å². The van der Waals surface area contributed by atoms with Gasteiger partial charge in [-0.3, -0.25) is 19.8 Å². The zero-order valence-electron chi connectivity index (χ0n) is 20.9. The van der Waals surface area contributed by atoms with Crippen LogP contribution in [0.3, 0.4) is 0 Å². The lowest BCUT2D eigenvalue weighted by Crippen LogP contribution is -2.57. The number of hydrogen-bond acceptors (Lipinski definition) is 5. The van der Waals surface area contributed by atoms with Gasteiger partial charge in [0.15, 0.2) is 0 Å². The van der Waals surface area contributed by atoms with Crippen molar-refractivity contribution in [2.45, 2.75) is 70.0 Å². The molecule has 1 aliphatic carbocycles. The highest BCUT2D eigenvalue weighted by atomic mass is 15.3. The Kier molecular flexibility index (Phi) is 6.89. The molecule has 2 aromatic rings. The summed E-state index contributed by atoms with van der Waals surface area (Å²) in [4.78, 5) is 18.0. The Bertz CT molecular complexity index is 1060. The van der Waals surface area contributed by atoms with Gasteiger partial charge >= 0.3 is 0 Å². The lowest BCUT2D eigenvalue weighted by atomic mass is 9.94. The van der Waals surface area contributed by atoms with E-state index in [1.165, 1.54) is 60.8 Å². The molecular weight excluding hydrogens is 420 g/mol. The minimum atomic E-state index is 0.293. The van der Waals surface area contributed by atoms with Crippen LogP contribution in [-0.2, 0) is 6.42 Å². The number of rotatable bonds is 11. The van der Waals surface area contributed by atoms with Crippen LogP contribution in [0, 0.1) is 0 Å². The van der Waals surface area contributed by atoms with Crippen molar-refractivity contribution < 1.29 is 0 Å². The predicted molar refractivity (Wildman–Crippen MR) is 143 cm³/mol. The molecule has 182 valence electrons. The van der Waals surface area contributed by atoms with Crippen LogP contribution in [0.1, 0.15) is 63.3 Å². The molecule has 0 bridgehead atoms. The second-order valence-corrected chi connectivity index (χ2v) is 10.3. The Morgan fingerprint density at radius 1 is 1.26 bits per heavy atom. The monoisotopic (exact) mass is 460 g/mol. The first-order chi connectivity index (χ1) is 16.7. The van der Waals surface area contributed by atoms with Gasteiger partial charge in [-0.2, -0.15) is 0 Å². The van der Waals surface area contributed by atoms with Crippen LogP contribution in [0.15, 0.2) is 46.1 Å². The predicted octanol–water partition coefficient (Wildman–Crippen LogP) is 4.70. The van der Waals surface area contributed by atoms with Crippen LogP contribution in [0.4, 0.5) is 0 Å². The van der Waals surface area contributed by atoms with Crippen LogP contribution in [-0.4, -0.2) is 72.0 Å². The van der Waals surface area contributed by atoms with Gasteiger partial charge in [-0.1, -0.05) is 38.5 Å². The van der Waals surface area contributed by atoms with Crippen molar-refractivity contribution in [1.29, 1.82) is 0 Å². The second kappa shape index (κ2) is 10.0. The van der Waals surface area contributed by atoms with Crippen molar-refractivity contribution in [3.05, 3.63) is 47.4 Å². The molecule has 34 heavy (non-hydrogen) atoms. The zero-order valence-corrected chi connectivity index (χ0v) is 20.9. The molecule has 6 heteroatoms. The minimum Gasteiger partial charge on any atom is -0.377 e. The maximum Gasteiger partial charge on any atom is 0.0710 e. The maximum atomic E-state index is 4.97. The number of fused-ring (bicyclic) bond motifs is 3. The smallest absolute Gasteiger partial charge is 0.0710 e. The summed E-state index contributed by atoms with van der Waals surface area (Å²) in [6.45, 7) is 13.5. The number of allylic oxidation sites excluding steroid dienone is 1. The number of unbranched alkanes of at least 4 members (excludes halogenated alkanes) is 1. The Hall–Kier alpha value is -2.44. The van der Waals surface area contributed by atoms with Crippen molar-refractivity contribution in [2.75, 3.05) is 32.7 Å². The molecule has 2 N–H and O–H groups in total. The van der Waals surface area contributed by atoms with Crippen molar-refractivity contribution in [3.8, 4) is 0 Å². The normalized spacial score (nSPS) is 23.2. The first-order valence-corrected chi connectivity index (χ1v) is 13.2. The summed E-state index contributed by atoms with van der Waals surface area (Å²) in [5.41, 5.74) is 5.44. The molecule has 0 spiro atoms. The van der Waals surface area contributed by atoms with Crippen LogP contribution >= 0.6 is 0 Å². The highest BCUT2D eigenvalue weighted by molar-refractivity contribution is 5.85. The quantitative estimate of drug-likeness (QED) is 0.478. The molecule has 0 amide bonds. The number of aromatic nitrogens is 1. The number of para-hydroxylation sites is 1. The van der Waals surface area contributed by atoms with Crippen LogP contribution < -0.4 is 5.32 Å². The Morgan fingerprint density at radius 2 is 2.09 bits per heavy atom. The van der Waals surface area contributed by atoms with Gasteiger partial charge in [0.2, 0.25) is 0 Å². The molecule has 2 fully saturated rings. The van der Waals surface area contributed by atoms with E-state index in [-0.39, 0.29) is 0 Å². The molecule has 1 aromatic carbocycles. The third kappa shape index (κ3) is 4.58. The molecule has 3 aliphatic rings. The molecule has 1 atom stereocenters. The fourth-order valence-corrected chi connectivity index (χ4v) is 5.98. The molecule has 2 aliphatic heterocycles. The summed E-state index contributed by atoms with van der Waals surface area (Å²) >= 11 is 0. The highest BCUT2D eigenvalue weighted by Crippen LogP contribution is 2.50. The van der Waals surface area contributed by atoms with E-state index in [4.69, 9.17) is 4.99 Å². The highest BCUT2D eigenvalue weighted by Gasteiger charge is 2.50. The van der Waals surface area contributed by atoms with E-state index < -0.39 is 0 Å². The topological polar surface area (TPSA) is 59.0 Å². The lowest BCUT2D eigenvalue weighted by Gasteiger charge is -2.41. The summed E-state index contributed by atoms with van der Waals surface area (Å²) in [6, 6.07) is 9.50. The number of benzene rings is 1. The summed E-state index contributed by atoms with van der Waals surface area (Å²) in [5.74, 6) is 0. The number of nitrogens with zero attached hydrogens (tertiary/aromatic N) is 4. The van der Waals surface area contributed by atoms with Crippen molar-refractivity contribution in [1.82, 2.24) is 20.1 Å². The van der Waals surface area contributed by atoms with Crippen LogP contribution in [0.5, 0.6) is 0 Å². The SMILES string of the molecule is C=N/C=C(\C=NCC1c2[nH]c3ccccc3c2CCN1C1(CC)CC1)NC1CN(CCCC)C1. The van der Waals surface area contributed by atoms with Gasteiger partial charge in [0.1, 0.15) is 0 Å². The van der Waals surface area contributed by atoms with E-state index in [1.54, 1.807) is 6.20 Å². The van der Waals surface area contributed by atoms with Gasteiger partial charge in [0, 0.05) is 48.0 Å². The average Bonchev–Trinajstić information content (AvgIpc) is 3.53. The average molecular weight is 461 g/mol. The van der Waals surface area contributed by atoms with Gasteiger partial charge in [-0.05, 0) is 57.0 Å². The van der Waals surface area contributed by atoms with Crippen molar-refractivity contribution in [3.63, 3.8) is 0 Å².